The molecular formula is C19H25N3O2. The molecule has 0 aliphatic carbocycles. The van der Waals surface area contributed by atoms with Gasteiger partial charge in [-0.1, -0.05) is 13.0 Å². The monoisotopic (exact) mass is 327 g/mol. The van der Waals surface area contributed by atoms with Crippen LogP contribution in [0.3, 0.4) is 0 Å². The molecule has 1 unspecified atom stereocenters. The van der Waals surface area contributed by atoms with Gasteiger partial charge in [-0.2, -0.15) is 0 Å². The zero-order chi connectivity index (χ0) is 17.5. The van der Waals surface area contributed by atoms with E-state index in [-0.39, 0.29) is 18.6 Å². The number of carbonyl (C=O) groups is 1. The van der Waals surface area contributed by atoms with Crippen molar-refractivity contribution in [3.63, 3.8) is 0 Å². The largest absolute Gasteiger partial charge is 0.395 e. The summed E-state index contributed by atoms with van der Waals surface area (Å²) in [7, 11) is 1.90. The number of benzene rings is 1. The first-order chi connectivity index (χ1) is 11.5. The van der Waals surface area contributed by atoms with Crippen molar-refractivity contribution in [2.45, 2.75) is 26.3 Å². The van der Waals surface area contributed by atoms with Crippen molar-refractivity contribution in [3.8, 4) is 0 Å². The third-order valence-electron chi connectivity index (χ3n) is 4.01. The molecule has 2 aromatic rings. The van der Waals surface area contributed by atoms with Crippen molar-refractivity contribution in [3.05, 3.63) is 59.4 Å². The molecule has 1 atom stereocenters. The van der Waals surface area contributed by atoms with Crippen LogP contribution in [-0.2, 0) is 0 Å². The molecule has 2 N–H and O–H groups in total. The lowest BCUT2D eigenvalue weighted by Gasteiger charge is -2.19. The number of anilines is 1. The van der Waals surface area contributed by atoms with Gasteiger partial charge in [0.1, 0.15) is 0 Å². The Morgan fingerprint density at radius 2 is 1.96 bits per heavy atom. The molecular weight excluding hydrogens is 302 g/mol. The number of aromatic nitrogens is 1. The fourth-order valence-corrected chi connectivity index (χ4v) is 2.46. The number of hydrogen-bond donors (Lipinski definition) is 2. The van der Waals surface area contributed by atoms with Crippen molar-refractivity contribution in [1.29, 1.82) is 0 Å². The molecule has 1 aromatic carbocycles. The zero-order valence-electron chi connectivity index (χ0n) is 14.5. The number of aliphatic hydroxyl groups is 1. The van der Waals surface area contributed by atoms with Crippen LogP contribution in [0.1, 0.15) is 41.0 Å². The summed E-state index contributed by atoms with van der Waals surface area (Å²) in [6.07, 6.45) is 2.59. The van der Waals surface area contributed by atoms with E-state index in [1.165, 1.54) is 0 Å². The summed E-state index contributed by atoms with van der Waals surface area (Å²) in [5, 5.41) is 12.0. The van der Waals surface area contributed by atoms with Crippen LogP contribution in [0.5, 0.6) is 0 Å². The van der Waals surface area contributed by atoms with Gasteiger partial charge in [0.25, 0.3) is 5.91 Å². The quantitative estimate of drug-likeness (QED) is 0.820. The van der Waals surface area contributed by atoms with Gasteiger partial charge in [0, 0.05) is 31.0 Å². The van der Waals surface area contributed by atoms with E-state index in [1.807, 2.05) is 56.3 Å². The van der Waals surface area contributed by atoms with Crippen LogP contribution in [0.25, 0.3) is 0 Å². The lowest BCUT2D eigenvalue weighted by atomic mass is 10.1. The predicted molar refractivity (Wildman–Crippen MR) is 96.3 cm³/mol. The van der Waals surface area contributed by atoms with Crippen molar-refractivity contribution < 1.29 is 9.90 Å². The molecule has 1 heterocycles. The van der Waals surface area contributed by atoms with E-state index in [2.05, 4.69) is 10.3 Å². The maximum absolute atomic E-state index is 12.5. The lowest BCUT2D eigenvalue weighted by molar-refractivity contribution is 0.0934. The first-order valence-corrected chi connectivity index (χ1v) is 8.20. The first-order valence-electron chi connectivity index (χ1n) is 8.20. The summed E-state index contributed by atoms with van der Waals surface area (Å²) in [4.78, 5) is 18.8. The zero-order valence-corrected chi connectivity index (χ0v) is 14.5. The van der Waals surface area contributed by atoms with Gasteiger partial charge in [-0.15, -0.1) is 0 Å². The molecule has 5 nitrogen and oxygen atoms in total. The first kappa shape index (κ1) is 17.9. The Labute approximate surface area is 143 Å². The number of nitrogens with zero attached hydrogens (tertiary/aromatic N) is 2. The van der Waals surface area contributed by atoms with Crippen LogP contribution in [0.2, 0.25) is 0 Å². The highest BCUT2D eigenvalue weighted by atomic mass is 16.3. The molecule has 5 heteroatoms. The third kappa shape index (κ3) is 4.55. The molecule has 24 heavy (non-hydrogen) atoms. The number of nitrogens with one attached hydrogen (secondary N) is 1. The Balaban J connectivity index is 2.06. The molecule has 128 valence electrons. The molecule has 1 amide bonds. The van der Waals surface area contributed by atoms with Crippen LogP contribution >= 0.6 is 0 Å². The van der Waals surface area contributed by atoms with Gasteiger partial charge in [0.15, 0.2) is 0 Å². The van der Waals surface area contributed by atoms with E-state index in [9.17, 15) is 4.79 Å². The molecule has 1 aromatic heterocycles. The summed E-state index contributed by atoms with van der Waals surface area (Å²) < 4.78 is 0. The van der Waals surface area contributed by atoms with Crippen molar-refractivity contribution in [2.75, 3.05) is 25.1 Å². The number of aryl methyl sites for hydroxylation is 1. The maximum Gasteiger partial charge on any atom is 0.251 e. The van der Waals surface area contributed by atoms with Gasteiger partial charge >= 0.3 is 0 Å². The smallest absolute Gasteiger partial charge is 0.251 e. The number of likely N-dealkylation sites (N-methyl/N-ethyl adjacent to an activating group) is 1. The third-order valence-corrected chi connectivity index (χ3v) is 4.01. The molecule has 0 fully saturated rings. The minimum absolute atomic E-state index is 0.0977. The Bertz CT molecular complexity index is 653. The van der Waals surface area contributed by atoms with Crippen molar-refractivity contribution in [2.24, 2.45) is 0 Å². The highest BCUT2D eigenvalue weighted by molar-refractivity contribution is 5.94. The second kappa shape index (κ2) is 8.45. The summed E-state index contributed by atoms with van der Waals surface area (Å²) in [5.74, 6) is -0.111. The molecule has 0 spiro atoms. The van der Waals surface area contributed by atoms with E-state index < -0.39 is 0 Å². The number of amides is 1. The minimum atomic E-state index is -0.111. The molecule has 2 rings (SSSR count). The average molecular weight is 327 g/mol. The summed E-state index contributed by atoms with van der Waals surface area (Å²) in [5.41, 5.74) is 3.55. The highest BCUT2D eigenvalue weighted by Crippen LogP contribution is 2.17. The molecule has 0 saturated carbocycles. The van der Waals surface area contributed by atoms with E-state index in [1.54, 1.807) is 12.1 Å². The van der Waals surface area contributed by atoms with Crippen LogP contribution in [0.15, 0.2) is 42.6 Å². The van der Waals surface area contributed by atoms with Gasteiger partial charge in [0.05, 0.1) is 18.3 Å². The summed E-state index contributed by atoms with van der Waals surface area (Å²) in [6.45, 7) is 4.67. The number of pyridine rings is 1. The van der Waals surface area contributed by atoms with Gasteiger partial charge in [-0.05, 0) is 49.2 Å². The number of rotatable bonds is 7. The SMILES string of the molecule is CCC(NC(=O)c1ccc(N(C)CCO)cc1)c1ccc(C)cn1. The highest BCUT2D eigenvalue weighted by Gasteiger charge is 2.15. The van der Waals surface area contributed by atoms with Crippen LogP contribution < -0.4 is 10.2 Å². The van der Waals surface area contributed by atoms with E-state index >= 15 is 0 Å². The number of hydrogen-bond acceptors (Lipinski definition) is 4. The van der Waals surface area contributed by atoms with E-state index in [0.717, 1.165) is 23.4 Å². The minimum Gasteiger partial charge on any atom is -0.395 e. The van der Waals surface area contributed by atoms with Crippen LogP contribution in [0, 0.1) is 6.92 Å². The molecule has 0 radical (unpaired) electrons. The fourth-order valence-electron chi connectivity index (χ4n) is 2.46. The molecule has 0 aliphatic heterocycles. The topological polar surface area (TPSA) is 65.5 Å². The van der Waals surface area contributed by atoms with Gasteiger partial charge in [-0.3, -0.25) is 9.78 Å². The Morgan fingerprint density at radius 1 is 1.25 bits per heavy atom. The Morgan fingerprint density at radius 3 is 2.50 bits per heavy atom. The summed E-state index contributed by atoms with van der Waals surface area (Å²) >= 11 is 0. The van der Waals surface area contributed by atoms with Gasteiger partial charge < -0.3 is 15.3 Å². The van der Waals surface area contributed by atoms with Crippen LogP contribution in [-0.4, -0.2) is 36.2 Å². The maximum atomic E-state index is 12.5. The molecule has 0 aliphatic rings. The second-order valence-corrected chi connectivity index (χ2v) is 5.89. The van der Waals surface area contributed by atoms with E-state index in [0.29, 0.717) is 12.1 Å². The lowest BCUT2D eigenvalue weighted by Crippen LogP contribution is -2.28. The van der Waals surface area contributed by atoms with Gasteiger partial charge in [0.2, 0.25) is 0 Å². The number of aliphatic hydroxyl groups excluding tert-OH is 1. The predicted octanol–water partition coefficient (Wildman–Crippen LogP) is 2.70. The molecule has 0 saturated heterocycles. The fraction of sp³-hybridized carbons (Fsp3) is 0.368. The summed E-state index contributed by atoms with van der Waals surface area (Å²) in [6, 6.07) is 11.2. The molecule has 0 bridgehead atoms. The van der Waals surface area contributed by atoms with Crippen molar-refractivity contribution >= 4 is 11.6 Å². The Kier molecular flexibility index (Phi) is 6.32. The van der Waals surface area contributed by atoms with Crippen LogP contribution in [0.4, 0.5) is 5.69 Å². The van der Waals surface area contributed by atoms with Crippen molar-refractivity contribution in [1.82, 2.24) is 10.3 Å². The Hall–Kier alpha value is -2.40. The van der Waals surface area contributed by atoms with E-state index in [4.69, 9.17) is 5.11 Å². The van der Waals surface area contributed by atoms with Gasteiger partial charge in [-0.25, -0.2) is 0 Å². The number of carbonyl (C=O) groups excluding carboxylic acids is 1. The normalized spacial score (nSPS) is 11.8. The second-order valence-electron chi connectivity index (χ2n) is 5.89. The standard InChI is InChI=1S/C19H25N3O2/c1-4-17(18-10-5-14(2)13-20-18)21-19(24)15-6-8-16(9-7-15)22(3)11-12-23/h5-10,13,17,23H,4,11-12H2,1-3H3,(H,21,24). The average Bonchev–Trinajstić information content (AvgIpc) is 2.60.